The van der Waals surface area contributed by atoms with Gasteiger partial charge in [-0.15, -0.1) is 11.3 Å². The molecule has 7 nitrogen and oxygen atoms in total. The first-order valence-corrected chi connectivity index (χ1v) is 13.4. The monoisotopic (exact) mass is 516 g/mol. The van der Waals surface area contributed by atoms with Crippen LogP contribution in [0, 0.1) is 6.92 Å². The molecule has 2 aliphatic rings. The van der Waals surface area contributed by atoms with Crippen LogP contribution >= 0.6 is 11.3 Å². The molecule has 1 fully saturated rings. The van der Waals surface area contributed by atoms with Crippen LogP contribution in [-0.2, 0) is 17.9 Å². The number of nitrogens with zero attached hydrogens (tertiary/aromatic N) is 3. The van der Waals surface area contributed by atoms with E-state index in [1.807, 2.05) is 30.6 Å². The predicted molar refractivity (Wildman–Crippen MR) is 145 cm³/mol. The standard InChI is InChI=1S/C29H32N4O3S/c1-18(2)26(33-15-22-6-4-5-7-25(22)28(33)35)29(36)32-16-24(34)12-23(32)14-30-13-20-8-10-21(11-9-20)27-19(3)31-17-37-27/h4-11,17,23-24,26,30,34H,1,12-16H2,2-3H3/t23-,24+,26-/m0/s1. The summed E-state index contributed by atoms with van der Waals surface area (Å²) >= 11 is 1.64. The van der Waals surface area contributed by atoms with Gasteiger partial charge in [0, 0.05) is 37.8 Å². The van der Waals surface area contributed by atoms with E-state index in [2.05, 4.69) is 41.1 Å². The Bertz CT molecular complexity index is 1320. The number of rotatable bonds is 8. The van der Waals surface area contributed by atoms with Crippen molar-refractivity contribution in [3.05, 3.63) is 88.6 Å². The summed E-state index contributed by atoms with van der Waals surface area (Å²) in [6, 6.07) is 15.0. The summed E-state index contributed by atoms with van der Waals surface area (Å²) in [5.74, 6) is -0.329. The fraction of sp³-hybridized carbons (Fsp3) is 0.345. The number of aryl methyl sites for hydroxylation is 1. The zero-order chi connectivity index (χ0) is 26.1. The quantitative estimate of drug-likeness (QED) is 0.445. The van der Waals surface area contributed by atoms with E-state index in [1.165, 1.54) is 4.88 Å². The molecular formula is C29H32N4O3S. The normalized spacial score (nSPS) is 19.8. The molecule has 3 aromatic rings. The van der Waals surface area contributed by atoms with Crippen LogP contribution in [0.1, 0.15) is 40.5 Å². The first-order valence-electron chi connectivity index (χ1n) is 12.6. The molecular weight excluding hydrogens is 484 g/mol. The van der Waals surface area contributed by atoms with Crippen LogP contribution in [0.15, 0.2) is 66.2 Å². The van der Waals surface area contributed by atoms with Gasteiger partial charge in [-0.25, -0.2) is 4.98 Å². The molecule has 0 radical (unpaired) electrons. The Morgan fingerprint density at radius 3 is 2.68 bits per heavy atom. The fourth-order valence-electron chi connectivity index (χ4n) is 5.34. The van der Waals surface area contributed by atoms with Gasteiger partial charge in [-0.1, -0.05) is 49.0 Å². The zero-order valence-corrected chi connectivity index (χ0v) is 22.0. The van der Waals surface area contributed by atoms with Gasteiger partial charge < -0.3 is 20.2 Å². The minimum Gasteiger partial charge on any atom is -0.391 e. The molecule has 1 aromatic heterocycles. The number of likely N-dealkylation sites (tertiary alicyclic amines) is 1. The van der Waals surface area contributed by atoms with Crippen molar-refractivity contribution in [1.29, 1.82) is 0 Å². The number of aliphatic hydroxyl groups is 1. The van der Waals surface area contributed by atoms with E-state index in [4.69, 9.17) is 0 Å². The fourth-order valence-corrected chi connectivity index (χ4v) is 6.16. The van der Waals surface area contributed by atoms with Gasteiger partial charge in [-0.05, 0) is 48.6 Å². The molecule has 2 N–H and O–H groups in total. The van der Waals surface area contributed by atoms with Crippen LogP contribution in [-0.4, -0.2) is 63.0 Å². The van der Waals surface area contributed by atoms with Crippen LogP contribution in [0.25, 0.3) is 10.4 Å². The summed E-state index contributed by atoms with van der Waals surface area (Å²) in [6.45, 7) is 9.69. The Balaban J connectivity index is 1.23. The highest BCUT2D eigenvalue weighted by Crippen LogP contribution is 2.30. The minimum atomic E-state index is -0.754. The van der Waals surface area contributed by atoms with Crippen molar-refractivity contribution in [2.75, 3.05) is 13.1 Å². The average Bonchev–Trinajstić information content (AvgIpc) is 3.57. The lowest BCUT2D eigenvalue weighted by Gasteiger charge is -2.33. The number of thiazole rings is 1. The van der Waals surface area contributed by atoms with Crippen LogP contribution in [0.5, 0.6) is 0 Å². The molecule has 0 saturated carbocycles. The summed E-state index contributed by atoms with van der Waals surface area (Å²) in [5, 5.41) is 13.9. The maximum Gasteiger partial charge on any atom is 0.255 e. The third kappa shape index (κ3) is 5.09. The third-order valence-electron chi connectivity index (χ3n) is 7.21. The maximum absolute atomic E-state index is 13.8. The van der Waals surface area contributed by atoms with E-state index in [9.17, 15) is 14.7 Å². The molecule has 0 spiro atoms. The molecule has 3 heterocycles. The molecule has 3 atom stereocenters. The van der Waals surface area contributed by atoms with E-state index in [0.29, 0.717) is 37.2 Å². The third-order valence-corrected chi connectivity index (χ3v) is 8.19. The summed E-state index contributed by atoms with van der Waals surface area (Å²) in [7, 11) is 0. The molecule has 1 saturated heterocycles. The van der Waals surface area contributed by atoms with Crippen LogP contribution in [0.2, 0.25) is 0 Å². The van der Waals surface area contributed by atoms with E-state index in [-0.39, 0.29) is 24.4 Å². The second-order valence-corrected chi connectivity index (χ2v) is 10.8. The second kappa shape index (κ2) is 10.6. The highest BCUT2D eigenvalue weighted by Gasteiger charge is 2.42. The van der Waals surface area contributed by atoms with Gasteiger partial charge in [0.1, 0.15) is 6.04 Å². The van der Waals surface area contributed by atoms with Crippen molar-refractivity contribution in [3.63, 3.8) is 0 Å². The first kappa shape index (κ1) is 25.3. The second-order valence-electron chi connectivity index (χ2n) is 9.97. The number of β-amino-alcohol motifs (C(OH)–C–C–N with tert-alkyl or cyclic N) is 1. The van der Waals surface area contributed by atoms with E-state index in [0.717, 1.165) is 22.4 Å². The smallest absolute Gasteiger partial charge is 0.255 e. The molecule has 0 unspecified atom stereocenters. The van der Waals surface area contributed by atoms with Gasteiger partial charge in [0.05, 0.1) is 22.2 Å². The number of amides is 2. The highest BCUT2D eigenvalue weighted by atomic mass is 32.1. The van der Waals surface area contributed by atoms with Gasteiger partial charge >= 0.3 is 0 Å². The van der Waals surface area contributed by atoms with Crippen molar-refractivity contribution in [2.24, 2.45) is 0 Å². The molecule has 37 heavy (non-hydrogen) atoms. The Labute approximate surface area is 221 Å². The Kier molecular flexibility index (Phi) is 7.24. The summed E-state index contributed by atoms with van der Waals surface area (Å²) < 4.78 is 0. The Morgan fingerprint density at radius 2 is 2.00 bits per heavy atom. The van der Waals surface area contributed by atoms with Gasteiger partial charge in [-0.3, -0.25) is 9.59 Å². The van der Waals surface area contributed by atoms with Crippen molar-refractivity contribution < 1.29 is 14.7 Å². The Hall–Kier alpha value is -3.33. The molecule has 5 rings (SSSR count). The van der Waals surface area contributed by atoms with E-state index >= 15 is 0 Å². The van der Waals surface area contributed by atoms with Gasteiger partial charge in [0.15, 0.2) is 0 Å². The summed E-state index contributed by atoms with van der Waals surface area (Å²) in [4.78, 5) is 35.7. The molecule has 192 valence electrons. The SMILES string of the molecule is C=C(C)[C@@H](C(=O)N1C[C@H](O)C[C@H]1CNCc1ccc(-c2scnc2C)cc1)N1Cc2ccccc2C1=O. The van der Waals surface area contributed by atoms with Crippen molar-refractivity contribution >= 4 is 23.2 Å². The van der Waals surface area contributed by atoms with Gasteiger partial charge in [0.25, 0.3) is 5.91 Å². The largest absolute Gasteiger partial charge is 0.391 e. The van der Waals surface area contributed by atoms with Crippen molar-refractivity contribution in [2.45, 2.75) is 51.5 Å². The van der Waals surface area contributed by atoms with E-state index < -0.39 is 12.1 Å². The topological polar surface area (TPSA) is 85.8 Å². The summed E-state index contributed by atoms with van der Waals surface area (Å²) in [5.41, 5.74) is 7.37. The van der Waals surface area contributed by atoms with Crippen molar-refractivity contribution in [1.82, 2.24) is 20.1 Å². The molecule has 0 bridgehead atoms. The van der Waals surface area contributed by atoms with Gasteiger partial charge in [-0.2, -0.15) is 0 Å². The number of carbonyl (C=O) groups is 2. The van der Waals surface area contributed by atoms with Crippen molar-refractivity contribution in [3.8, 4) is 10.4 Å². The number of nitrogens with one attached hydrogen (secondary N) is 1. The number of aromatic nitrogens is 1. The molecule has 2 aliphatic heterocycles. The number of carbonyl (C=O) groups excluding carboxylic acids is 2. The molecule has 2 amide bonds. The maximum atomic E-state index is 13.8. The number of benzene rings is 2. The lowest BCUT2D eigenvalue weighted by molar-refractivity contribution is -0.136. The first-order chi connectivity index (χ1) is 17.8. The van der Waals surface area contributed by atoms with Gasteiger partial charge in [0.2, 0.25) is 5.91 Å². The molecule has 0 aliphatic carbocycles. The number of hydrogen-bond acceptors (Lipinski definition) is 6. The lowest BCUT2D eigenvalue weighted by atomic mass is 10.1. The van der Waals surface area contributed by atoms with Crippen LogP contribution in [0.3, 0.4) is 0 Å². The molecule has 8 heteroatoms. The Morgan fingerprint density at radius 1 is 1.24 bits per heavy atom. The van der Waals surface area contributed by atoms with Crippen LogP contribution in [0.4, 0.5) is 0 Å². The number of fused-ring (bicyclic) bond motifs is 1. The number of hydrogen-bond donors (Lipinski definition) is 2. The zero-order valence-electron chi connectivity index (χ0n) is 21.2. The average molecular weight is 517 g/mol. The summed E-state index contributed by atoms with van der Waals surface area (Å²) in [6.07, 6.45) is -0.0886. The highest BCUT2D eigenvalue weighted by molar-refractivity contribution is 7.13. The lowest BCUT2D eigenvalue weighted by Crippen LogP contribution is -2.52. The number of aliphatic hydroxyl groups excluding tert-OH is 1. The molecule has 2 aromatic carbocycles. The minimum absolute atomic E-state index is 0.150. The van der Waals surface area contributed by atoms with E-state index in [1.54, 1.807) is 34.1 Å². The predicted octanol–water partition coefficient (Wildman–Crippen LogP) is 3.77. The van der Waals surface area contributed by atoms with Crippen LogP contribution < -0.4 is 5.32 Å².